The molecule has 0 bridgehead atoms. The predicted molar refractivity (Wildman–Crippen MR) is 76.5 cm³/mol. The quantitative estimate of drug-likeness (QED) is 0.927. The Morgan fingerprint density at radius 3 is 2.90 bits per heavy atom. The molecule has 0 spiro atoms. The van der Waals surface area contributed by atoms with Crippen LogP contribution in [-0.4, -0.2) is 16.3 Å². The van der Waals surface area contributed by atoms with Crippen molar-refractivity contribution < 1.29 is 8.95 Å². The molecule has 6 heteroatoms. The highest BCUT2D eigenvalue weighted by Crippen LogP contribution is 2.22. The van der Waals surface area contributed by atoms with E-state index in [9.17, 15) is 4.21 Å². The first-order valence-electron chi connectivity index (χ1n) is 5.80. The van der Waals surface area contributed by atoms with Crippen molar-refractivity contribution in [1.82, 2.24) is 4.98 Å². The Morgan fingerprint density at radius 1 is 1.45 bits per heavy atom. The lowest BCUT2D eigenvalue weighted by molar-refractivity contribution is 0.413. The normalized spacial score (nSPS) is 11.6. The first kappa shape index (κ1) is 14.0. The second-order valence-electron chi connectivity index (χ2n) is 4.05. The summed E-state index contributed by atoms with van der Waals surface area (Å²) in [5, 5.41) is 9.04. The van der Waals surface area contributed by atoms with Crippen LogP contribution in [0.2, 0.25) is 0 Å². The van der Waals surface area contributed by atoms with Gasteiger partial charge in [0.25, 0.3) is 0 Å². The predicted octanol–water partition coefficient (Wildman–Crippen LogP) is 1.85. The van der Waals surface area contributed by atoms with E-state index in [0.29, 0.717) is 21.9 Å². The SMILES string of the molecule is COc1ccc(CS(=O)c2ccncc2N)cc1C#N. The van der Waals surface area contributed by atoms with Gasteiger partial charge in [-0.25, -0.2) is 0 Å². The molecule has 1 aromatic heterocycles. The van der Waals surface area contributed by atoms with Gasteiger partial charge in [-0.1, -0.05) is 6.07 Å². The molecule has 102 valence electrons. The second-order valence-corrected chi connectivity index (χ2v) is 5.47. The molecule has 1 atom stereocenters. The van der Waals surface area contributed by atoms with Crippen LogP contribution >= 0.6 is 0 Å². The molecular weight excluding hydrogens is 274 g/mol. The Balaban J connectivity index is 2.25. The Hall–Kier alpha value is -2.39. The van der Waals surface area contributed by atoms with Gasteiger partial charge in [-0.15, -0.1) is 0 Å². The zero-order valence-electron chi connectivity index (χ0n) is 10.9. The van der Waals surface area contributed by atoms with Crippen molar-refractivity contribution in [3.63, 3.8) is 0 Å². The van der Waals surface area contributed by atoms with Gasteiger partial charge >= 0.3 is 0 Å². The number of hydrogen-bond donors (Lipinski definition) is 1. The summed E-state index contributed by atoms with van der Waals surface area (Å²) in [6.45, 7) is 0. The molecule has 0 saturated carbocycles. The molecule has 1 heterocycles. The van der Waals surface area contributed by atoms with Gasteiger partial charge in [0.15, 0.2) is 0 Å². The Bertz CT molecular complexity index is 695. The number of methoxy groups -OCH3 is 1. The first-order chi connectivity index (χ1) is 9.65. The number of pyridine rings is 1. The van der Waals surface area contributed by atoms with Crippen LogP contribution in [0.5, 0.6) is 5.75 Å². The van der Waals surface area contributed by atoms with Gasteiger partial charge in [0, 0.05) is 6.20 Å². The molecule has 1 aromatic carbocycles. The van der Waals surface area contributed by atoms with Crippen molar-refractivity contribution in [2.75, 3.05) is 12.8 Å². The summed E-state index contributed by atoms with van der Waals surface area (Å²) in [5.74, 6) is 0.790. The van der Waals surface area contributed by atoms with Crippen molar-refractivity contribution in [2.24, 2.45) is 0 Å². The molecule has 0 amide bonds. The van der Waals surface area contributed by atoms with Crippen molar-refractivity contribution in [3.05, 3.63) is 47.8 Å². The zero-order valence-corrected chi connectivity index (χ0v) is 11.7. The highest BCUT2D eigenvalue weighted by Gasteiger charge is 2.10. The minimum absolute atomic E-state index is 0.285. The standard InChI is InChI=1S/C14H13N3O2S/c1-19-13-3-2-10(6-11(13)7-15)9-20(18)14-4-5-17-8-12(14)16/h2-6,8H,9,16H2,1H3. The monoisotopic (exact) mass is 287 g/mol. The van der Waals surface area contributed by atoms with Crippen molar-refractivity contribution in [2.45, 2.75) is 10.6 Å². The van der Waals surface area contributed by atoms with E-state index in [1.54, 1.807) is 30.5 Å². The van der Waals surface area contributed by atoms with Gasteiger partial charge in [0.1, 0.15) is 11.8 Å². The number of nitriles is 1. The molecule has 0 saturated heterocycles. The lowest BCUT2D eigenvalue weighted by Gasteiger charge is -2.07. The van der Waals surface area contributed by atoms with Crippen LogP contribution in [0.15, 0.2) is 41.6 Å². The molecule has 5 nitrogen and oxygen atoms in total. The number of rotatable bonds is 4. The van der Waals surface area contributed by atoms with Crippen LogP contribution in [0.3, 0.4) is 0 Å². The Morgan fingerprint density at radius 2 is 2.25 bits per heavy atom. The molecule has 1 unspecified atom stereocenters. The topological polar surface area (TPSA) is 89.0 Å². The Kier molecular flexibility index (Phi) is 4.33. The number of ether oxygens (including phenoxy) is 1. The summed E-state index contributed by atoms with van der Waals surface area (Å²) in [6, 6.07) is 8.85. The number of aromatic nitrogens is 1. The first-order valence-corrected chi connectivity index (χ1v) is 7.12. The van der Waals surface area contributed by atoms with E-state index in [4.69, 9.17) is 15.7 Å². The number of nitrogens with two attached hydrogens (primary N) is 1. The molecule has 0 aliphatic carbocycles. The van der Waals surface area contributed by atoms with Gasteiger partial charge in [0.05, 0.1) is 46.0 Å². The maximum atomic E-state index is 12.3. The third-order valence-electron chi connectivity index (χ3n) is 2.74. The van der Waals surface area contributed by atoms with E-state index in [1.807, 2.05) is 0 Å². The minimum atomic E-state index is -1.28. The highest BCUT2D eigenvalue weighted by atomic mass is 32.2. The molecule has 0 fully saturated rings. The zero-order chi connectivity index (χ0) is 14.5. The third kappa shape index (κ3) is 2.95. The number of anilines is 1. The lowest BCUT2D eigenvalue weighted by Crippen LogP contribution is -2.02. The number of nitrogens with zero attached hydrogens (tertiary/aromatic N) is 2. The smallest absolute Gasteiger partial charge is 0.136 e. The van der Waals surface area contributed by atoms with Gasteiger partial charge in [-0.2, -0.15) is 5.26 Å². The van der Waals surface area contributed by atoms with E-state index in [1.165, 1.54) is 13.3 Å². The molecule has 20 heavy (non-hydrogen) atoms. The fourth-order valence-corrected chi connectivity index (χ4v) is 2.93. The molecule has 2 aromatic rings. The maximum Gasteiger partial charge on any atom is 0.136 e. The summed E-state index contributed by atoms with van der Waals surface area (Å²) in [6.07, 6.45) is 3.03. The van der Waals surface area contributed by atoms with Crippen LogP contribution in [0.25, 0.3) is 0 Å². The van der Waals surface area contributed by atoms with Crippen LogP contribution in [0.4, 0.5) is 5.69 Å². The van der Waals surface area contributed by atoms with Crippen LogP contribution in [0, 0.1) is 11.3 Å². The van der Waals surface area contributed by atoms with E-state index in [-0.39, 0.29) is 5.75 Å². The fourth-order valence-electron chi connectivity index (χ4n) is 1.76. The van der Waals surface area contributed by atoms with E-state index in [2.05, 4.69) is 11.1 Å². The Labute approximate surface area is 119 Å². The largest absolute Gasteiger partial charge is 0.495 e. The van der Waals surface area contributed by atoms with Gasteiger partial charge in [-0.05, 0) is 23.8 Å². The molecule has 0 aliphatic rings. The van der Waals surface area contributed by atoms with Crippen LogP contribution < -0.4 is 10.5 Å². The molecule has 0 radical (unpaired) electrons. The van der Waals surface area contributed by atoms with Gasteiger partial charge in [-0.3, -0.25) is 9.19 Å². The summed E-state index contributed by atoms with van der Waals surface area (Å²) in [7, 11) is 0.226. The molecule has 2 rings (SSSR count). The van der Waals surface area contributed by atoms with Crippen molar-refractivity contribution in [3.8, 4) is 11.8 Å². The average molecular weight is 287 g/mol. The third-order valence-corrected chi connectivity index (χ3v) is 4.20. The summed E-state index contributed by atoms with van der Waals surface area (Å²) in [4.78, 5) is 4.42. The van der Waals surface area contributed by atoms with Gasteiger partial charge < -0.3 is 10.5 Å². The van der Waals surface area contributed by atoms with Crippen molar-refractivity contribution >= 4 is 16.5 Å². The van der Waals surface area contributed by atoms with E-state index >= 15 is 0 Å². The number of nitrogen functional groups attached to an aromatic ring is 1. The summed E-state index contributed by atoms with van der Waals surface area (Å²) in [5.41, 5.74) is 7.36. The van der Waals surface area contributed by atoms with Crippen molar-refractivity contribution in [1.29, 1.82) is 5.26 Å². The molecule has 0 aliphatic heterocycles. The lowest BCUT2D eigenvalue weighted by atomic mass is 10.1. The fraction of sp³-hybridized carbons (Fsp3) is 0.143. The summed E-state index contributed by atoms with van der Waals surface area (Å²) >= 11 is 0. The van der Waals surface area contributed by atoms with Crippen LogP contribution in [0.1, 0.15) is 11.1 Å². The van der Waals surface area contributed by atoms with Gasteiger partial charge in [0.2, 0.25) is 0 Å². The summed E-state index contributed by atoms with van der Waals surface area (Å²) < 4.78 is 17.4. The maximum absolute atomic E-state index is 12.3. The minimum Gasteiger partial charge on any atom is -0.495 e. The van der Waals surface area contributed by atoms with E-state index < -0.39 is 10.8 Å². The number of benzene rings is 1. The van der Waals surface area contributed by atoms with E-state index in [0.717, 1.165) is 5.56 Å². The highest BCUT2D eigenvalue weighted by molar-refractivity contribution is 7.84. The second kappa shape index (κ2) is 6.17. The van der Waals surface area contributed by atoms with Crippen LogP contribution in [-0.2, 0) is 16.6 Å². The average Bonchev–Trinajstić information content (AvgIpc) is 2.47. The number of hydrogen-bond acceptors (Lipinski definition) is 5. The molecule has 2 N–H and O–H groups in total. The molecular formula is C14H13N3O2S.